The Morgan fingerprint density at radius 2 is 1.00 bits per heavy atom. The van der Waals surface area contributed by atoms with E-state index in [1.54, 1.807) is 0 Å². The molecule has 2 rings (SSSR count). The summed E-state index contributed by atoms with van der Waals surface area (Å²) >= 11 is 0. The predicted octanol–water partition coefficient (Wildman–Crippen LogP) is 1.18. The molecule has 0 aromatic rings. The van der Waals surface area contributed by atoms with Crippen molar-refractivity contribution in [3.8, 4) is 0 Å². The highest BCUT2D eigenvalue weighted by molar-refractivity contribution is 4.72. The molecule has 0 atom stereocenters. The summed E-state index contributed by atoms with van der Waals surface area (Å²) in [7, 11) is 0. The Bertz CT molecular complexity index is 112. The second-order valence-electron chi connectivity index (χ2n) is 4.10. The summed E-state index contributed by atoms with van der Waals surface area (Å²) in [5.41, 5.74) is 0. The summed E-state index contributed by atoms with van der Waals surface area (Å²) in [6, 6.07) is 0. The maximum absolute atomic E-state index is 2.52. The quantitative estimate of drug-likeness (QED) is 0.416. The molecule has 0 bridgehead atoms. The minimum atomic E-state index is 1.36. The van der Waals surface area contributed by atoms with Crippen LogP contribution >= 0.6 is 0 Å². The third kappa shape index (κ3) is 3.55. The van der Waals surface area contributed by atoms with Crippen molar-refractivity contribution in [2.75, 3.05) is 39.3 Å². The fourth-order valence-electron chi connectivity index (χ4n) is 1.61. The van der Waals surface area contributed by atoms with E-state index in [-0.39, 0.29) is 0 Å². The van der Waals surface area contributed by atoms with E-state index in [1.165, 1.54) is 65.0 Å². The molecule has 2 nitrogen and oxygen atoms in total. The van der Waals surface area contributed by atoms with E-state index >= 15 is 0 Å². The van der Waals surface area contributed by atoms with E-state index < -0.39 is 0 Å². The van der Waals surface area contributed by atoms with Gasteiger partial charge in [0.05, 0.1) is 0 Å². The number of rotatable bonds is 7. The van der Waals surface area contributed by atoms with Gasteiger partial charge in [-0.1, -0.05) is 12.8 Å². The third-order valence-electron chi connectivity index (χ3n) is 2.78. The second kappa shape index (κ2) is 4.24. The summed E-state index contributed by atoms with van der Waals surface area (Å²) in [4.78, 5) is 5.04. The zero-order chi connectivity index (χ0) is 8.23. The Kier molecular flexibility index (Phi) is 3.01. The van der Waals surface area contributed by atoms with Crippen LogP contribution in [-0.2, 0) is 0 Å². The molecule has 2 fully saturated rings. The van der Waals surface area contributed by atoms with Crippen molar-refractivity contribution in [3.63, 3.8) is 0 Å². The lowest BCUT2D eigenvalue weighted by molar-refractivity contribution is 0.477. The Balaban J connectivity index is 1.31. The predicted molar refractivity (Wildman–Crippen MR) is 51.3 cm³/mol. The van der Waals surface area contributed by atoms with Gasteiger partial charge in [-0.2, -0.15) is 0 Å². The second-order valence-corrected chi connectivity index (χ2v) is 4.10. The minimum Gasteiger partial charge on any atom is -0.301 e. The largest absolute Gasteiger partial charge is 0.301 e. The zero-order valence-corrected chi connectivity index (χ0v) is 7.97. The van der Waals surface area contributed by atoms with Crippen molar-refractivity contribution < 1.29 is 0 Å². The summed E-state index contributed by atoms with van der Waals surface area (Å²) in [6.07, 6.45) is 5.76. The van der Waals surface area contributed by atoms with Crippen molar-refractivity contribution in [2.24, 2.45) is 0 Å². The molecule has 0 spiro atoms. The molecule has 2 heterocycles. The maximum atomic E-state index is 2.52. The smallest absolute Gasteiger partial charge is 0.0110 e. The van der Waals surface area contributed by atoms with Crippen molar-refractivity contribution in [3.05, 3.63) is 0 Å². The molecular formula is C10H20N2. The van der Waals surface area contributed by atoms with Gasteiger partial charge in [-0.3, -0.25) is 0 Å². The summed E-state index contributed by atoms with van der Waals surface area (Å²) in [6.45, 7) is 8.20. The standard InChI is InChI=1S/C10H20N2/c1(3-5-11-7-8-11)2-4-6-12-9-10-12/h1-10H2. The Morgan fingerprint density at radius 1 is 0.583 bits per heavy atom. The average molecular weight is 168 g/mol. The van der Waals surface area contributed by atoms with E-state index in [9.17, 15) is 0 Å². The SMILES string of the molecule is C(CCCN1CC1)CCN1CC1. The third-order valence-corrected chi connectivity index (χ3v) is 2.78. The first kappa shape index (κ1) is 8.52. The van der Waals surface area contributed by atoms with Crippen LogP contribution in [0.5, 0.6) is 0 Å². The molecule has 0 aliphatic carbocycles. The van der Waals surface area contributed by atoms with Crippen LogP contribution in [0.2, 0.25) is 0 Å². The van der Waals surface area contributed by atoms with Crippen LogP contribution in [0, 0.1) is 0 Å². The van der Waals surface area contributed by atoms with Crippen LogP contribution < -0.4 is 0 Å². The van der Waals surface area contributed by atoms with Gasteiger partial charge >= 0.3 is 0 Å². The van der Waals surface area contributed by atoms with Crippen LogP contribution in [0.25, 0.3) is 0 Å². The van der Waals surface area contributed by atoms with E-state index in [4.69, 9.17) is 0 Å². The minimum absolute atomic E-state index is 1.36. The van der Waals surface area contributed by atoms with Crippen molar-refractivity contribution in [2.45, 2.75) is 25.7 Å². The molecule has 0 radical (unpaired) electrons. The highest BCUT2D eigenvalue weighted by Gasteiger charge is 2.16. The van der Waals surface area contributed by atoms with Gasteiger partial charge in [0.2, 0.25) is 0 Å². The molecule has 12 heavy (non-hydrogen) atoms. The lowest BCUT2D eigenvalue weighted by Gasteiger charge is -2.02. The van der Waals surface area contributed by atoms with Crippen molar-refractivity contribution >= 4 is 0 Å². The molecule has 0 saturated carbocycles. The molecule has 0 amide bonds. The van der Waals surface area contributed by atoms with Crippen LogP contribution in [0.15, 0.2) is 0 Å². The van der Waals surface area contributed by atoms with Gasteiger partial charge in [-0.25, -0.2) is 0 Å². The van der Waals surface area contributed by atoms with Gasteiger partial charge in [0.1, 0.15) is 0 Å². The van der Waals surface area contributed by atoms with Gasteiger partial charge in [-0.05, 0) is 25.9 Å². The molecule has 0 unspecified atom stereocenters. The van der Waals surface area contributed by atoms with Gasteiger partial charge in [0.15, 0.2) is 0 Å². The average Bonchev–Trinajstić information content (AvgIpc) is 2.89. The summed E-state index contributed by atoms with van der Waals surface area (Å²) < 4.78 is 0. The van der Waals surface area contributed by atoms with Gasteiger partial charge in [0, 0.05) is 26.2 Å². The van der Waals surface area contributed by atoms with Crippen molar-refractivity contribution in [1.82, 2.24) is 9.80 Å². The molecule has 70 valence electrons. The molecule has 0 aromatic carbocycles. The van der Waals surface area contributed by atoms with Gasteiger partial charge in [0.25, 0.3) is 0 Å². The first-order valence-electron chi connectivity index (χ1n) is 5.40. The Labute approximate surface area is 75.5 Å². The fraction of sp³-hybridized carbons (Fsp3) is 1.00. The number of hydrogen-bond acceptors (Lipinski definition) is 2. The zero-order valence-electron chi connectivity index (χ0n) is 7.97. The molecule has 0 aromatic heterocycles. The van der Waals surface area contributed by atoms with Crippen LogP contribution in [-0.4, -0.2) is 49.1 Å². The number of unbranched alkanes of at least 4 members (excludes halogenated alkanes) is 3. The number of hydrogen-bond donors (Lipinski definition) is 0. The van der Waals surface area contributed by atoms with Gasteiger partial charge < -0.3 is 9.80 Å². The Morgan fingerprint density at radius 3 is 1.33 bits per heavy atom. The Hall–Kier alpha value is -0.0800. The summed E-state index contributed by atoms with van der Waals surface area (Å²) in [5.74, 6) is 0. The van der Waals surface area contributed by atoms with E-state index in [1.807, 2.05) is 0 Å². The monoisotopic (exact) mass is 168 g/mol. The molecule has 2 aliphatic heterocycles. The molecule has 2 heteroatoms. The highest BCUT2D eigenvalue weighted by Crippen LogP contribution is 2.10. The normalized spacial score (nSPS) is 23.0. The molecule has 2 saturated heterocycles. The van der Waals surface area contributed by atoms with Crippen molar-refractivity contribution in [1.29, 1.82) is 0 Å². The lowest BCUT2D eigenvalue weighted by atomic mass is 10.2. The van der Waals surface area contributed by atoms with Crippen LogP contribution in [0.1, 0.15) is 25.7 Å². The number of nitrogens with zero attached hydrogens (tertiary/aromatic N) is 2. The molecule has 2 aliphatic rings. The van der Waals surface area contributed by atoms with E-state index in [0.717, 1.165) is 0 Å². The fourth-order valence-corrected chi connectivity index (χ4v) is 1.61. The summed E-state index contributed by atoms with van der Waals surface area (Å²) in [5, 5.41) is 0. The maximum Gasteiger partial charge on any atom is 0.0110 e. The van der Waals surface area contributed by atoms with E-state index in [0.29, 0.717) is 0 Å². The molecule has 0 N–H and O–H groups in total. The van der Waals surface area contributed by atoms with Crippen LogP contribution in [0.4, 0.5) is 0 Å². The molecular weight excluding hydrogens is 148 g/mol. The van der Waals surface area contributed by atoms with E-state index in [2.05, 4.69) is 9.80 Å². The highest BCUT2D eigenvalue weighted by atomic mass is 15.3. The first-order chi connectivity index (χ1) is 5.95. The van der Waals surface area contributed by atoms with Gasteiger partial charge in [-0.15, -0.1) is 0 Å². The topological polar surface area (TPSA) is 6.02 Å². The lowest BCUT2D eigenvalue weighted by Crippen LogP contribution is -2.01. The first-order valence-corrected chi connectivity index (χ1v) is 5.40. The van der Waals surface area contributed by atoms with Crippen LogP contribution in [0.3, 0.4) is 0 Å².